The van der Waals surface area contributed by atoms with Gasteiger partial charge in [-0.05, 0) is 62.6 Å². The van der Waals surface area contributed by atoms with E-state index in [0.29, 0.717) is 11.6 Å². The van der Waals surface area contributed by atoms with Gasteiger partial charge in [0.1, 0.15) is 5.75 Å². The Labute approximate surface area is 142 Å². The second kappa shape index (κ2) is 7.49. The fraction of sp³-hybridized carbons (Fsp3) is 0.632. The van der Waals surface area contributed by atoms with E-state index in [1.54, 1.807) is 12.1 Å². The van der Waals surface area contributed by atoms with E-state index in [1.165, 1.54) is 31.4 Å². The van der Waals surface area contributed by atoms with Crippen LogP contribution in [-0.2, 0) is 0 Å². The molecule has 0 unspecified atom stereocenters. The summed E-state index contributed by atoms with van der Waals surface area (Å²) >= 11 is 0. The first kappa shape index (κ1) is 17.2. The van der Waals surface area contributed by atoms with Crippen molar-refractivity contribution in [3.63, 3.8) is 0 Å². The van der Waals surface area contributed by atoms with Crippen LogP contribution in [0.5, 0.6) is 5.75 Å². The van der Waals surface area contributed by atoms with Gasteiger partial charge in [-0.2, -0.15) is 8.78 Å². The number of ether oxygens (including phenoxy) is 1. The maximum Gasteiger partial charge on any atom is 0.387 e. The van der Waals surface area contributed by atoms with Gasteiger partial charge >= 0.3 is 6.61 Å². The monoisotopic (exact) mass is 337 g/mol. The Hall–Kier alpha value is -1.65. The molecule has 2 fully saturated rings. The molecular weight excluding hydrogens is 312 g/mol. The molecule has 0 aliphatic heterocycles. The molecule has 0 bridgehead atoms. The van der Waals surface area contributed by atoms with Gasteiger partial charge in [-0.25, -0.2) is 0 Å². The molecule has 5 heteroatoms. The Morgan fingerprint density at radius 2 is 1.79 bits per heavy atom. The topological polar surface area (TPSA) is 29.5 Å². The van der Waals surface area contributed by atoms with Gasteiger partial charge in [0.25, 0.3) is 5.91 Å². The van der Waals surface area contributed by atoms with Crippen LogP contribution in [0, 0.1) is 5.92 Å². The largest absolute Gasteiger partial charge is 0.435 e. The van der Waals surface area contributed by atoms with E-state index < -0.39 is 6.61 Å². The van der Waals surface area contributed by atoms with Crippen molar-refractivity contribution in [3.05, 3.63) is 29.8 Å². The van der Waals surface area contributed by atoms with E-state index in [0.717, 1.165) is 31.6 Å². The Kier molecular flexibility index (Phi) is 5.36. The first-order valence-corrected chi connectivity index (χ1v) is 8.96. The van der Waals surface area contributed by atoms with Crippen LogP contribution in [0.3, 0.4) is 0 Å². The van der Waals surface area contributed by atoms with Crippen molar-refractivity contribution in [2.24, 2.45) is 5.92 Å². The number of amides is 1. The van der Waals surface area contributed by atoms with Gasteiger partial charge < -0.3 is 9.64 Å². The molecule has 0 saturated heterocycles. The Bertz CT molecular complexity index is 566. The SMILES string of the molecule is CCC1CCC(N(C(=O)c2cccc(OC(F)F)c2)C2CC2)CC1. The molecular formula is C19H25F2NO2. The summed E-state index contributed by atoms with van der Waals surface area (Å²) in [5.74, 6) is 0.777. The van der Waals surface area contributed by atoms with E-state index in [2.05, 4.69) is 11.7 Å². The highest BCUT2D eigenvalue weighted by Gasteiger charge is 2.39. The van der Waals surface area contributed by atoms with Gasteiger partial charge in [0.05, 0.1) is 0 Å². The fourth-order valence-corrected chi connectivity index (χ4v) is 3.77. The summed E-state index contributed by atoms with van der Waals surface area (Å²) in [6.45, 7) is -0.650. The number of rotatable bonds is 6. The van der Waals surface area contributed by atoms with E-state index in [-0.39, 0.29) is 17.7 Å². The molecule has 1 amide bonds. The second-order valence-corrected chi connectivity index (χ2v) is 6.93. The van der Waals surface area contributed by atoms with Crippen LogP contribution >= 0.6 is 0 Å². The number of carbonyl (C=O) groups excluding carboxylic acids is 1. The number of hydrogen-bond acceptors (Lipinski definition) is 2. The van der Waals surface area contributed by atoms with Crippen LogP contribution < -0.4 is 4.74 Å². The van der Waals surface area contributed by atoms with Gasteiger partial charge in [0.2, 0.25) is 0 Å². The van der Waals surface area contributed by atoms with Crippen LogP contribution in [0.2, 0.25) is 0 Å². The molecule has 0 heterocycles. The Balaban J connectivity index is 1.73. The molecule has 132 valence electrons. The van der Waals surface area contributed by atoms with E-state index in [4.69, 9.17) is 0 Å². The molecule has 3 nitrogen and oxygen atoms in total. The standard InChI is InChI=1S/C19H25F2NO2/c1-2-13-6-8-15(9-7-13)22(16-10-11-16)18(23)14-4-3-5-17(12-14)24-19(20)21/h3-5,12-13,15-16,19H,2,6-11H2,1H3. The highest BCUT2D eigenvalue weighted by Crippen LogP contribution is 2.37. The van der Waals surface area contributed by atoms with Gasteiger partial charge in [-0.1, -0.05) is 19.4 Å². The minimum atomic E-state index is -2.88. The molecule has 3 rings (SSSR count). The minimum absolute atomic E-state index is 0.0429. The van der Waals surface area contributed by atoms with Crippen molar-refractivity contribution in [1.82, 2.24) is 4.90 Å². The predicted molar refractivity (Wildman–Crippen MR) is 88.3 cm³/mol. The molecule has 0 spiro atoms. The van der Waals surface area contributed by atoms with Crippen LogP contribution in [0.4, 0.5) is 8.78 Å². The van der Waals surface area contributed by atoms with Crippen molar-refractivity contribution >= 4 is 5.91 Å². The molecule has 0 N–H and O–H groups in total. The molecule has 1 aromatic carbocycles. The van der Waals surface area contributed by atoms with Crippen LogP contribution in [0.25, 0.3) is 0 Å². The lowest BCUT2D eigenvalue weighted by Gasteiger charge is -2.37. The fourth-order valence-electron chi connectivity index (χ4n) is 3.77. The average Bonchev–Trinajstić information content (AvgIpc) is 3.40. The van der Waals surface area contributed by atoms with E-state index in [9.17, 15) is 13.6 Å². The summed E-state index contributed by atoms with van der Waals surface area (Å²) in [6.07, 6.45) is 7.75. The van der Waals surface area contributed by atoms with Crippen molar-refractivity contribution in [2.45, 2.75) is 70.6 Å². The molecule has 1 aromatic rings. The predicted octanol–water partition coefficient (Wildman–Crippen LogP) is 4.86. The maximum atomic E-state index is 13.0. The lowest BCUT2D eigenvalue weighted by Crippen LogP contribution is -2.43. The number of carbonyl (C=O) groups is 1. The summed E-state index contributed by atoms with van der Waals surface area (Å²) in [4.78, 5) is 15.0. The minimum Gasteiger partial charge on any atom is -0.435 e. The molecule has 2 saturated carbocycles. The summed E-state index contributed by atoms with van der Waals surface area (Å²) in [6, 6.07) is 6.78. The van der Waals surface area contributed by atoms with Crippen molar-refractivity contribution in [1.29, 1.82) is 0 Å². The summed E-state index contributed by atoms with van der Waals surface area (Å²) in [5, 5.41) is 0. The number of benzene rings is 1. The third-order valence-corrected chi connectivity index (χ3v) is 5.27. The third-order valence-electron chi connectivity index (χ3n) is 5.27. The van der Waals surface area contributed by atoms with Crippen LogP contribution in [0.1, 0.15) is 62.2 Å². The zero-order chi connectivity index (χ0) is 17.1. The first-order chi connectivity index (χ1) is 11.6. The molecule has 0 radical (unpaired) electrons. The van der Waals surface area contributed by atoms with Crippen molar-refractivity contribution in [3.8, 4) is 5.75 Å². The number of nitrogens with zero attached hydrogens (tertiary/aromatic N) is 1. The smallest absolute Gasteiger partial charge is 0.387 e. The van der Waals surface area contributed by atoms with Crippen LogP contribution in [0.15, 0.2) is 24.3 Å². The van der Waals surface area contributed by atoms with Gasteiger partial charge in [0.15, 0.2) is 0 Å². The highest BCUT2D eigenvalue weighted by molar-refractivity contribution is 5.95. The number of hydrogen-bond donors (Lipinski definition) is 0. The summed E-state index contributed by atoms with van der Waals surface area (Å²) in [5.41, 5.74) is 0.442. The zero-order valence-electron chi connectivity index (χ0n) is 14.1. The molecule has 2 aliphatic rings. The lowest BCUT2D eigenvalue weighted by molar-refractivity contribution is -0.0499. The molecule has 2 aliphatic carbocycles. The Morgan fingerprint density at radius 1 is 1.17 bits per heavy atom. The van der Waals surface area contributed by atoms with Crippen molar-refractivity contribution < 1.29 is 18.3 Å². The number of halogens is 2. The first-order valence-electron chi connectivity index (χ1n) is 8.96. The quantitative estimate of drug-likeness (QED) is 0.742. The van der Waals surface area contributed by atoms with Gasteiger partial charge in [-0.15, -0.1) is 0 Å². The van der Waals surface area contributed by atoms with Crippen LogP contribution in [-0.4, -0.2) is 29.5 Å². The van der Waals surface area contributed by atoms with E-state index in [1.807, 2.05) is 4.90 Å². The maximum absolute atomic E-state index is 13.0. The third kappa shape index (κ3) is 4.05. The van der Waals surface area contributed by atoms with Gasteiger partial charge in [-0.3, -0.25) is 4.79 Å². The number of alkyl halides is 2. The molecule has 0 atom stereocenters. The van der Waals surface area contributed by atoms with Gasteiger partial charge in [0, 0.05) is 17.6 Å². The zero-order valence-corrected chi connectivity index (χ0v) is 14.1. The summed E-state index contributed by atoms with van der Waals surface area (Å²) < 4.78 is 29.2. The van der Waals surface area contributed by atoms with E-state index >= 15 is 0 Å². The molecule has 0 aromatic heterocycles. The average molecular weight is 337 g/mol. The Morgan fingerprint density at radius 3 is 2.33 bits per heavy atom. The van der Waals surface area contributed by atoms with Crippen molar-refractivity contribution in [2.75, 3.05) is 0 Å². The second-order valence-electron chi connectivity index (χ2n) is 6.93. The highest BCUT2D eigenvalue weighted by atomic mass is 19.3. The summed E-state index contributed by atoms with van der Waals surface area (Å²) in [7, 11) is 0. The molecule has 24 heavy (non-hydrogen) atoms. The lowest BCUT2D eigenvalue weighted by atomic mass is 9.83. The normalized spacial score (nSPS) is 24.0.